The maximum Gasteiger partial charge on any atom is 0.335 e. The molecule has 1 aromatic carbocycles. The number of carboxylic acids is 1. The van der Waals surface area contributed by atoms with E-state index in [0.29, 0.717) is 6.54 Å². The van der Waals surface area contributed by atoms with E-state index >= 15 is 0 Å². The van der Waals surface area contributed by atoms with Gasteiger partial charge in [0, 0.05) is 24.8 Å². The standard InChI is InChI=1S/C14H20N2O3/c1-15(2)8-12-7-13(17)9-16(12)11-5-3-10(4-6-11)14(18)19/h3-6,12-13,17H,7-9H2,1-2H3,(H,18,19). The summed E-state index contributed by atoms with van der Waals surface area (Å²) in [6.07, 6.45) is 0.433. The molecule has 0 aromatic heterocycles. The van der Waals surface area contributed by atoms with Gasteiger partial charge in [-0.3, -0.25) is 0 Å². The molecule has 1 aliphatic heterocycles. The van der Waals surface area contributed by atoms with Crippen LogP contribution >= 0.6 is 0 Å². The predicted octanol–water partition coefficient (Wildman–Crippen LogP) is 0.886. The van der Waals surface area contributed by atoms with E-state index in [1.165, 1.54) is 0 Å². The summed E-state index contributed by atoms with van der Waals surface area (Å²) in [4.78, 5) is 15.1. The molecule has 2 atom stereocenters. The zero-order chi connectivity index (χ0) is 14.0. The first-order chi connectivity index (χ1) is 8.97. The molecule has 1 aliphatic rings. The highest BCUT2D eigenvalue weighted by atomic mass is 16.4. The van der Waals surface area contributed by atoms with E-state index in [0.717, 1.165) is 18.7 Å². The average Bonchev–Trinajstić information content (AvgIpc) is 2.69. The zero-order valence-electron chi connectivity index (χ0n) is 11.3. The van der Waals surface area contributed by atoms with Gasteiger partial charge in [-0.1, -0.05) is 0 Å². The minimum absolute atomic E-state index is 0.265. The van der Waals surface area contributed by atoms with Gasteiger partial charge in [0.05, 0.1) is 11.7 Å². The Labute approximate surface area is 113 Å². The fourth-order valence-corrected chi connectivity index (χ4v) is 2.60. The molecule has 1 saturated heterocycles. The van der Waals surface area contributed by atoms with Gasteiger partial charge in [-0.15, -0.1) is 0 Å². The second-order valence-corrected chi connectivity index (χ2v) is 5.31. The van der Waals surface area contributed by atoms with Crippen LogP contribution in [-0.4, -0.2) is 60.4 Å². The van der Waals surface area contributed by atoms with Crippen molar-refractivity contribution < 1.29 is 15.0 Å². The van der Waals surface area contributed by atoms with E-state index in [1.807, 2.05) is 26.2 Å². The second kappa shape index (κ2) is 5.59. The smallest absolute Gasteiger partial charge is 0.335 e. The summed E-state index contributed by atoms with van der Waals surface area (Å²) in [5, 5.41) is 18.7. The minimum atomic E-state index is -0.919. The number of nitrogens with zero attached hydrogens (tertiary/aromatic N) is 2. The normalized spacial score (nSPS) is 23.1. The van der Waals surface area contributed by atoms with E-state index in [1.54, 1.807) is 12.1 Å². The maximum atomic E-state index is 10.8. The van der Waals surface area contributed by atoms with Crippen molar-refractivity contribution in [2.45, 2.75) is 18.6 Å². The third-order valence-corrected chi connectivity index (χ3v) is 3.41. The fraction of sp³-hybridized carbons (Fsp3) is 0.500. The molecular formula is C14H20N2O3. The van der Waals surface area contributed by atoms with Crippen LogP contribution in [-0.2, 0) is 0 Å². The van der Waals surface area contributed by atoms with Crippen LogP contribution in [0.3, 0.4) is 0 Å². The molecule has 104 valence electrons. The zero-order valence-corrected chi connectivity index (χ0v) is 11.3. The Morgan fingerprint density at radius 1 is 1.37 bits per heavy atom. The summed E-state index contributed by atoms with van der Waals surface area (Å²) in [6.45, 7) is 1.47. The summed E-state index contributed by atoms with van der Waals surface area (Å²) < 4.78 is 0. The highest BCUT2D eigenvalue weighted by molar-refractivity contribution is 5.88. The molecule has 1 aromatic rings. The number of anilines is 1. The highest BCUT2D eigenvalue weighted by Gasteiger charge is 2.31. The molecule has 0 radical (unpaired) electrons. The first kappa shape index (κ1) is 13.8. The molecular weight excluding hydrogens is 244 g/mol. The number of benzene rings is 1. The van der Waals surface area contributed by atoms with Gasteiger partial charge in [0.25, 0.3) is 0 Å². The summed E-state index contributed by atoms with van der Waals surface area (Å²) in [7, 11) is 4.02. The second-order valence-electron chi connectivity index (χ2n) is 5.31. The van der Waals surface area contributed by atoms with Gasteiger partial charge in [-0.2, -0.15) is 0 Å². The predicted molar refractivity (Wildman–Crippen MR) is 73.7 cm³/mol. The largest absolute Gasteiger partial charge is 0.478 e. The molecule has 5 heteroatoms. The molecule has 2 N–H and O–H groups in total. The lowest BCUT2D eigenvalue weighted by Gasteiger charge is -2.28. The lowest BCUT2D eigenvalue weighted by molar-refractivity contribution is 0.0697. The summed E-state index contributed by atoms with van der Waals surface area (Å²) in [6, 6.07) is 7.10. The topological polar surface area (TPSA) is 64.0 Å². The average molecular weight is 264 g/mol. The quantitative estimate of drug-likeness (QED) is 0.845. The van der Waals surface area contributed by atoms with Gasteiger partial charge in [-0.25, -0.2) is 4.79 Å². The summed E-state index contributed by atoms with van der Waals surface area (Å²) in [5.74, 6) is -0.919. The van der Waals surface area contributed by atoms with E-state index in [9.17, 15) is 9.90 Å². The van der Waals surface area contributed by atoms with Gasteiger partial charge in [0.2, 0.25) is 0 Å². The molecule has 5 nitrogen and oxygen atoms in total. The van der Waals surface area contributed by atoms with Gasteiger partial charge < -0.3 is 20.0 Å². The molecule has 2 rings (SSSR count). The number of aliphatic hydroxyl groups is 1. The lowest BCUT2D eigenvalue weighted by atomic mass is 10.1. The van der Waals surface area contributed by atoms with Crippen molar-refractivity contribution in [3.05, 3.63) is 29.8 Å². The number of likely N-dealkylation sites (N-methyl/N-ethyl adjacent to an activating group) is 1. The molecule has 0 spiro atoms. The van der Waals surface area contributed by atoms with Gasteiger partial charge in [0.1, 0.15) is 0 Å². The van der Waals surface area contributed by atoms with Crippen molar-refractivity contribution in [2.75, 3.05) is 32.1 Å². The molecule has 1 heterocycles. The van der Waals surface area contributed by atoms with Crippen molar-refractivity contribution in [2.24, 2.45) is 0 Å². The number of aliphatic hydroxyl groups excluding tert-OH is 1. The van der Waals surface area contributed by atoms with E-state index < -0.39 is 5.97 Å². The van der Waals surface area contributed by atoms with E-state index in [4.69, 9.17) is 5.11 Å². The fourth-order valence-electron chi connectivity index (χ4n) is 2.60. The minimum Gasteiger partial charge on any atom is -0.478 e. The van der Waals surface area contributed by atoms with Crippen LogP contribution in [0.25, 0.3) is 0 Å². The number of carboxylic acid groups (broad SMARTS) is 1. The van der Waals surface area contributed by atoms with Gasteiger partial charge in [0.15, 0.2) is 0 Å². The Morgan fingerprint density at radius 3 is 2.53 bits per heavy atom. The van der Waals surface area contributed by atoms with Crippen molar-refractivity contribution in [1.29, 1.82) is 0 Å². The SMILES string of the molecule is CN(C)CC1CC(O)CN1c1ccc(C(=O)O)cc1. The number of hydrogen-bond donors (Lipinski definition) is 2. The van der Waals surface area contributed by atoms with Crippen LogP contribution in [0.1, 0.15) is 16.8 Å². The monoisotopic (exact) mass is 264 g/mol. The number of β-amino-alcohol motifs (C(OH)–C–C–N with tert-alkyl or cyclic N) is 1. The third-order valence-electron chi connectivity index (χ3n) is 3.41. The van der Waals surface area contributed by atoms with Gasteiger partial charge >= 0.3 is 5.97 Å². The number of aromatic carboxylic acids is 1. The van der Waals surface area contributed by atoms with Crippen LogP contribution in [0, 0.1) is 0 Å². The van der Waals surface area contributed by atoms with E-state index in [-0.39, 0.29) is 17.7 Å². The summed E-state index contributed by atoms with van der Waals surface area (Å²) >= 11 is 0. The Morgan fingerprint density at radius 2 is 2.00 bits per heavy atom. The lowest BCUT2D eigenvalue weighted by Crippen LogP contribution is -2.37. The molecule has 0 bridgehead atoms. The molecule has 0 saturated carbocycles. The number of hydrogen-bond acceptors (Lipinski definition) is 4. The maximum absolute atomic E-state index is 10.8. The Bertz CT molecular complexity index is 445. The van der Waals surface area contributed by atoms with Crippen LogP contribution in [0.4, 0.5) is 5.69 Å². The van der Waals surface area contributed by atoms with Crippen LogP contribution in [0.2, 0.25) is 0 Å². The van der Waals surface area contributed by atoms with Crippen LogP contribution in [0.5, 0.6) is 0 Å². The first-order valence-corrected chi connectivity index (χ1v) is 6.40. The van der Waals surface area contributed by atoms with Crippen molar-refractivity contribution >= 4 is 11.7 Å². The van der Waals surface area contributed by atoms with E-state index in [2.05, 4.69) is 9.80 Å². The molecule has 0 aliphatic carbocycles. The highest BCUT2D eigenvalue weighted by Crippen LogP contribution is 2.26. The summed E-state index contributed by atoms with van der Waals surface area (Å²) in [5.41, 5.74) is 1.25. The van der Waals surface area contributed by atoms with Crippen LogP contribution in [0.15, 0.2) is 24.3 Å². The van der Waals surface area contributed by atoms with Crippen molar-refractivity contribution in [3.8, 4) is 0 Å². The Kier molecular flexibility index (Phi) is 4.07. The number of rotatable bonds is 4. The Balaban J connectivity index is 2.16. The molecule has 19 heavy (non-hydrogen) atoms. The van der Waals surface area contributed by atoms with Crippen molar-refractivity contribution in [1.82, 2.24) is 4.90 Å². The first-order valence-electron chi connectivity index (χ1n) is 6.40. The molecule has 2 unspecified atom stereocenters. The van der Waals surface area contributed by atoms with Crippen molar-refractivity contribution in [3.63, 3.8) is 0 Å². The molecule has 1 fully saturated rings. The molecule has 0 amide bonds. The van der Waals surface area contributed by atoms with Crippen LogP contribution < -0.4 is 4.90 Å². The van der Waals surface area contributed by atoms with Gasteiger partial charge in [-0.05, 0) is 44.8 Å². The Hall–Kier alpha value is -1.59. The third kappa shape index (κ3) is 3.24. The number of carbonyl (C=O) groups is 1.